The fraction of sp³-hybridized carbons (Fsp3) is 0.357. The van der Waals surface area contributed by atoms with Crippen LogP contribution in [0.3, 0.4) is 0 Å². The van der Waals surface area contributed by atoms with Crippen LogP contribution in [0.1, 0.15) is 12.5 Å². The van der Waals surface area contributed by atoms with E-state index >= 15 is 0 Å². The molecule has 5 nitrogen and oxygen atoms in total. The van der Waals surface area contributed by atoms with E-state index in [1.54, 1.807) is 39.5 Å². The number of rotatable bonds is 5. The Bertz CT molecular complexity index is 585. The highest BCUT2D eigenvalue weighted by Gasteiger charge is 2.14. The first-order chi connectivity index (χ1) is 9.19. The number of carbonyl (C=O) groups is 1. The van der Waals surface area contributed by atoms with Gasteiger partial charge < -0.3 is 18.6 Å². The minimum absolute atomic E-state index is 0.177. The number of ether oxygens (including phenoxy) is 3. The van der Waals surface area contributed by atoms with Crippen LogP contribution in [0.25, 0.3) is 11.0 Å². The maximum Gasteiger partial charge on any atom is 0.310 e. The van der Waals surface area contributed by atoms with Gasteiger partial charge in [-0.25, -0.2) is 0 Å². The van der Waals surface area contributed by atoms with Crippen LogP contribution in [-0.4, -0.2) is 26.8 Å². The average Bonchev–Trinajstić information content (AvgIpc) is 2.79. The highest BCUT2D eigenvalue weighted by atomic mass is 16.5. The number of fused-ring (bicyclic) bond motifs is 1. The van der Waals surface area contributed by atoms with Crippen molar-refractivity contribution in [1.82, 2.24) is 0 Å². The Hall–Kier alpha value is -2.17. The van der Waals surface area contributed by atoms with E-state index in [0.29, 0.717) is 23.7 Å². The van der Waals surface area contributed by atoms with Gasteiger partial charge in [-0.2, -0.15) is 0 Å². The van der Waals surface area contributed by atoms with Crippen molar-refractivity contribution in [3.8, 4) is 11.5 Å². The fourth-order valence-electron chi connectivity index (χ4n) is 1.91. The van der Waals surface area contributed by atoms with E-state index in [2.05, 4.69) is 0 Å². The van der Waals surface area contributed by atoms with Gasteiger partial charge in [-0.1, -0.05) is 0 Å². The molecule has 19 heavy (non-hydrogen) atoms. The predicted octanol–water partition coefficient (Wildman–Crippen LogP) is 2.56. The quantitative estimate of drug-likeness (QED) is 0.777. The Morgan fingerprint density at radius 3 is 2.53 bits per heavy atom. The van der Waals surface area contributed by atoms with Crippen LogP contribution in [0.4, 0.5) is 0 Å². The summed E-state index contributed by atoms with van der Waals surface area (Å²) >= 11 is 0. The van der Waals surface area contributed by atoms with E-state index in [9.17, 15) is 4.79 Å². The van der Waals surface area contributed by atoms with Crippen molar-refractivity contribution in [2.24, 2.45) is 0 Å². The van der Waals surface area contributed by atoms with Crippen LogP contribution in [0.15, 0.2) is 22.8 Å². The highest BCUT2D eigenvalue weighted by molar-refractivity contribution is 5.88. The van der Waals surface area contributed by atoms with E-state index < -0.39 is 0 Å². The molecule has 5 heteroatoms. The van der Waals surface area contributed by atoms with Gasteiger partial charge in [0.15, 0.2) is 11.5 Å². The van der Waals surface area contributed by atoms with Crippen LogP contribution in [0.5, 0.6) is 11.5 Å². The fourth-order valence-corrected chi connectivity index (χ4v) is 1.91. The van der Waals surface area contributed by atoms with Crippen molar-refractivity contribution >= 4 is 16.9 Å². The Kier molecular flexibility index (Phi) is 3.94. The van der Waals surface area contributed by atoms with Crippen molar-refractivity contribution in [2.45, 2.75) is 13.3 Å². The molecule has 0 bridgehead atoms. The van der Waals surface area contributed by atoms with E-state index in [1.165, 1.54) is 0 Å². The molecule has 0 N–H and O–H groups in total. The van der Waals surface area contributed by atoms with Crippen molar-refractivity contribution in [1.29, 1.82) is 0 Å². The van der Waals surface area contributed by atoms with Gasteiger partial charge in [0.25, 0.3) is 0 Å². The molecule has 0 aliphatic rings. The van der Waals surface area contributed by atoms with E-state index in [-0.39, 0.29) is 12.4 Å². The Morgan fingerprint density at radius 1 is 1.21 bits per heavy atom. The third kappa shape index (κ3) is 2.65. The smallest absolute Gasteiger partial charge is 0.310 e. The number of esters is 1. The Labute approximate surface area is 111 Å². The summed E-state index contributed by atoms with van der Waals surface area (Å²) in [6, 6.07) is 3.54. The van der Waals surface area contributed by atoms with Crippen LogP contribution in [0.2, 0.25) is 0 Å². The van der Waals surface area contributed by atoms with Gasteiger partial charge in [0.1, 0.15) is 5.58 Å². The molecule has 0 radical (unpaired) electrons. The minimum atomic E-state index is -0.278. The number of carbonyl (C=O) groups excluding carboxylic acids is 1. The zero-order valence-corrected chi connectivity index (χ0v) is 11.2. The molecule has 0 aliphatic heterocycles. The van der Waals surface area contributed by atoms with Gasteiger partial charge in [-0.05, 0) is 13.0 Å². The zero-order chi connectivity index (χ0) is 13.8. The molecular weight excluding hydrogens is 248 g/mol. The molecule has 0 unspecified atom stereocenters. The highest BCUT2D eigenvalue weighted by Crippen LogP contribution is 2.34. The summed E-state index contributed by atoms with van der Waals surface area (Å²) < 4.78 is 20.8. The monoisotopic (exact) mass is 264 g/mol. The molecule has 1 aromatic heterocycles. The summed E-state index contributed by atoms with van der Waals surface area (Å²) in [7, 11) is 3.13. The van der Waals surface area contributed by atoms with Gasteiger partial charge >= 0.3 is 5.97 Å². The molecule has 2 rings (SSSR count). The molecule has 1 heterocycles. The van der Waals surface area contributed by atoms with Gasteiger partial charge in [0.2, 0.25) is 0 Å². The number of furan rings is 1. The van der Waals surface area contributed by atoms with E-state index in [4.69, 9.17) is 18.6 Å². The van der Waals surface area contributed by atoms with Gasteiger partial charge in [-0.3, -0.25) is 4.79 Å². The Morgan fingerprint density at radius 2 is 1.89 bits per heavy atom. The first-order valence-electron chi connectivity index (χ1n) is 5.97. The predicted molar refractivity (Wildman–Crippen MR) is 69.7 cm³/mol. The van der Waals surface area contributed by atoms with Crippen molar-refractivity contribution in [2.75, 3.05) is 20.8 Å². The second-order valence-electron chi connectivity index (χ2n) is 3.95. The summed E-state index contributed by atoms with van der Waals surface area (Å²) in [5.74, 6) is 0.911. The van der Waals surface area contributed by atoms with Gasteiger partial charge in [0.05, 0.1) is 33.5 Å². The zero-order valence-electron chi connectivity index (χ0n) is 11.2. The molecule has 0 amide bonds. The van der Waals surface area contributed by atoms with Crippen molar-refractivity contribution in [3.63, 3.8) is 0 Å². The van der Waals surface area contributed by atoms with Crippen molar-refractivity contribution in [3.05, 3.63) is 24.0 Å². The molecular formula is C14H16O5. The van der Waals surface area contributed by atoms with E-state index in [1.807, 2.05) is 0 Å². The largest absolute Gasteiger partial charge is 0.493 e. The van der Waals surface area contributed by atoms with Crippen LogP contribution in [0, 0.1) is 0 Å². The molecule has 0 fully saturated rings. The maximum atomic E-state index is 11.5. The molecule has 0 atom stereocenters. The van der Waals surface area contributed by atoms with E-state index in [0.717, 1.165) is 10.9 Å². The van der Waals surface area contributed by atoms with Crippen LogP contribution < -0.4 is 9.47 Å². The lowest BCUT2D eigenvalue weighted by Gasteiger charge is -2.07. The second-order valence-corrected chi connectivity index (χ2v) is 3.95. The summed E-state index contributed by atoms with van der Waals surface area (Å²) in [5, 5.41) is 0.825. The summed E-state index contributed by atoms with van der Waals surface area (Å²) in [5.41, 5.74) is 1.42. The van der Waals surface area contributed by atoms with Gasteiger partial charge in [0, 0.05) is 17.0 Å². The molecule has 0 spiro atoms. The first-order valence-corrected chi connectivity index (χ1v) is 5.97. The SMILES string of the molecule is CCOC(=O)Cc1coc2cc(OC)c(OC)cc12. The normalized spacial score (nSPS) is 10.5. The topological polar surface area (TPSA) is 57.9 Å². The third-order valence-corrected chi connectivity index (χ3v) is 2.80. The number of hydrogen-bond acceptors (Lipinski definition) is 5. The minimum Gasteiger partial charge on any atom is -0.493 e. The molecule has 0 saturated carbocycles. The molecule has 0 aliphatic carbocycles. The average molecular weight is 264 g/mol. The number of benzene rings is 1. The first kappa shape index (κ1) is 13.3. The third-order valence-electron chi connectivity index (χ3n) is 2.80. The molecule has 0 saturated heterocycles. The maximum absolute atomic E-state index is 11.5. The molecule has 2 aromatic rings. The Balaban J connectivity index is 2.39. The lowest BCUT2D eigenvalue weighted by molar-refractivity contribution is -0.142. The van der Waals surface area contributed by atoms with Crippen LogP contribution >= 0.6 is 0 Å². The molecule has 1 aromatic carbocycles. The number of methoxy groups -OCH3 is 2. The van der Waals surface area contributed by atoms with Crippen molar-refractivity contribution < 1.29 is 23.4 Å². The summed E-state index contributed by atoms with van der Waals surface area (Å²) in [6.45, 7) is 2.14. The number of hydrogen-bond donors (Lipinski definition) is 0. The lowest BCUT2D eigenvalue weighted by atomic mass is 10.1. The standard InChI is InChI=1S/C14H16O5/c1-4-18-14(15)5-9-8-19-11-7-13(17-3)12(16-2)6-10(9)11/h6-8H,4-5H2,1-3H3. The second kappa shape index (κ2) is 5.65. The van der Waals surface area contributed by atoms with Crippen LogP contribution in [-0.2, 0) is 16.0 Å². The van der Waals surface area contributed by atoms with Gasteiger partial charge in [-0.15, -0.1) is 0 Å². The summed E-state index contributed by atoms with van der Waals surface area (Å²) in [6.07, 6.45) is 1.73. The molecule has 102 valence electrons. The summed E-state index contributed by atoms with van der Waals surface area (Å²) in [4.78, 5) is 11.5. The lowest BCUT2D eigenvalue weighted by Crippen LogP contribution is -2.06.